The van der Waals surface area contributed by atoms with E-state index in [-0.39, 0.29) is 12.1 Å². The first-order valence-electron chi connectivity index (χ1n) is 7.17. The molecule has 1 heterocycles. The Hall–Kier alpha value is -1.71. The normalized spacial score (nSPS) is 13.9. The molecule has 106 valence electrons. The number of aliphatic hydroxyl groups is 1. The molecule has 1 aromatic carbocycles. The van der Waals surface area contributed by atoms with Crippen LogP contribution in [0, 0.1) is 0 Å². The van der Waals surface area contributed by atoms with Gasteiger partial charge >= 0.3 is 0 Å². The van der Waals surface area contributed by atoms with Crippen LogP contribution in [0.25, 0.3) is 0 Å². The fourth-order valence-corrected chi connectivity index (χ4v) is 2.32. The average molecular weight is 270 g/mol. The van der Waals surface area contributed by atoms with E-state index in [0.29, 0.717) is 6.54 Å². The lowest BCUT2D eigenvalue weighted by atomic mass is 9.99. The maximum absolute atomic E-state index is 9.92. The fraction of sp³-hybridized carbons (Fsp3) is 0.353. The number of pyridine rings is 1. The molecule has 0 saturated heterocycles. The van der Waals surface area contributed by atoms with E-state index >= 15 is 0 Å². The van der Waals surface area contributed by atoms with Crippen molar-refractivity contribution in [2.24, 2.45) is 0 Å². The van der Waals surface area contributed by atoms with Crippen LogP contribution in [0.15, 0.2) is 54.9 Å². The van der Waals surface area contributed by atoms with Crippen molar-refractivity contribution in [1.29, 1.82) is 0 Å². The third-order valence-corrected chi connectivity index (χ3v) is 3.35. The predicted molar refractivity (Wildman–Crippen MR) is 81.4 cm³/mol. The molecule has 2 aromatic rings. The molecular formula is C17H22N2O. The minimum atomic E-state index is -0.298. The molecule has 3 heteroatoms. The van der Waals surface area contributed by atoms with Gasteiger partial charge in [0.05, 0.1) is 12.1 Å². The number of nitrogens with zero attached hydrogens (tertiary/aromatic N) is 1. The molecule has 0 fully saturated rings. The fourth-order valence-electron chi connectivity index (χ4n) is 2.32. The van der Waals surface area contributed by atoms with Crippen molar-refractivity contribution >= 4 is 0 Å². The van der Waals surface area contributed by atoms with Crippen LogP contribution in [-0.2, 0) is 0 Å². The van der Waals surface area contributed by atoms with Gasteiger partial charge in [-0.3, -0.25) is 4.98 Å². The lowest BCUT2D eigenvalue weighted by molar-refractivity contribution is 0.158. The van der Waals surface area contributed by atoms with Crippen LogP contribution in [-0.4, -0.2) is 22.7 Å². The highest BCUT2D eigenvalue weighted by Gasteiger charge is 2.14. The van der Waals surface area contributed by atoms with Gasteiger partial charge in [0, 0.05) is 18.9 Å². The Labute approximate surface area is 120 Å². The summed E-state index contributed by atoms with van der Waals surface area (Å²) in [6.07, 6.45) is 5.12. The van der Waals surface area contributed by atoms with Crippen LogP contribution in [0.5, 0.6) is 0 Å². The lowest BCUT2D eigenvalue weighted by Crippen LogP contribution is -2.31. The molecule has 1 aromatic heterocycles. The molecule has 2 N–H and O–H groups in total. The summed E-state index contributed by atoms with van der Waals surface area (Å²) in [5, 5.41) is 13.4. The maximum atomic E-state index is 9.92. The molecule has 0 bridgehead atoms. The van der Waals surface area contributed by atoms with Crippen molar-refractivity contribution in [1.82, 2.24) is 10.3 Å². The molecule has 3 nitrogen and oxygen atoms in total. The van der Waals surface area contributed by atoms with E-state index in [0.717, 1.165) is 18.4 Å². The van der Waals surface area contributed by atoms with Gasteiger partial charge in [0.2, 0.25) is 0 Å². The van der Waals surface area contributed by atoms with Crippen molar-refractivity contribution in [3.8, 4) is 0 Å². The molecule has 2 rings (SSSR count). The highest BCUT2D eigenvalue weighted by molar-refractivity contribution is 5.30. The molecule has 0 aliphatic carbocycles. The molecular weight excluding hydrogens is 248 g/mol. The van der Waals surface area contributed by atoms with Gasteiger partial charge in [-0.1, -0.05) is 43.7 Å². The number of benzene rings is 1. The summed E-state index contributed by atoms with van der Waals surface area (Å²) in [6, 6.07) is 14.4. The van der Waals surface area contributed by atoms with E-state index in [9.17, 15) is 5.11 Å². The number of aliphatic hydroxyl groups excluding tert-OH is 1. The van der Waals surface area contributed by atoms with E-state index in [1.807, 2.05) is 30.3 Å². The topological polar surface area (TPSA) is 45.1 Å². The second-order valence-electron chi connectivity index (χ2n) is 4.97. The lowest BCUT2D eigenvalue weighted by Gasteiger charge is -2.21. The summed E-state index contributed by atoms with van der Waals surface area (Å²) >= 11 is 0. The smallest absolute Gasteiger partial charge is 0.0664 e. The van der Waals surface area contributed by atoms with E-state index < -0.39 is 0 Å². The quantitative estimate of drug-likeness (QED) is 0.813. The zero-order valence-corrected chi connectivity index (χ0v) is 11.9. The van der Waals surface area contributed by atoms with Crippen LogP contribution in [0.3, 0.4) is 0 Å². The zero-order valence-electron chi connectivity index (χ0n) is 11.9. The summed E-state index contributed by atoms with van der Waals surface area (Å²) in [6.45, 7) is 2.68. The molecule has 0 aliphatic heterocycles. The predicted octanol–water partition coefficient (Wildman–Crippen LogP) is 2.92. The van der Waals surface area contributed by atoms with Crippen molar-refractivity contribution in [2.45, 2.75) is 31.9 Å². The summed E-state index contributed by atoms with van der Waals surface area (Å²) in [7, 11) is 0. The van der Waals surface area contributed by atoms with E-state index in [4.69, 9.17) is 0 Å². The van der Waals surface area contributed by atoms with Gasteiger partial charge in [0.15, 0.2) is 0 Å². The third-order valence-electron chi connectivity index (χ3n) is 3.35. The summed E-state index contributed by atoms with van der Waals surface area (Å²) in [5.74, 6) is 0. The number of rotatable bonds is 7. The van der Waals surface area contributed by atoms with Crippen molar-refractivity contribution in [3.63, 3.8) is 0 Å². The van der Waals surface area contributed by atoms with Crippen LogP contribution < -0.4 is 5.32 Å². The molecule has 0 saturated carbocycles. The highest BCUT2D eigenvalue weighted by atomic mass is 16.3. The Morgan fingerprint density at radius 3 is 2.35 bits per heavy atom. The minimum absolute atomic E-state index is 0.0886. The molecule has 0 amide bonds. The first-order valence-corrected chi connectivity index (χ1v) is 7.17. The van der Waals surface area contributed by atoms with Gasteiger partial charge in [0.1, 0.15) is 0 Å². The van der Waals surface area contributed by atoms with E-state index in [1.165, 1.54) is 5.56 Å². The summed E-state index contributed by atoms with van der Waals surface area (Å²) in [4.78, 5) is 4.07. The Kier molecular flexibility index (Phi) is 5.71. The number of hydrogen-bond donors (Lipinski definition) is 2. The molecule has 2 unspecified atom stereocenters. The van der Waals surface area contributed by atoms with Gasteiger partial charge in [-0.25, -0.2) is 0 Å². The Bertz CT molecular complexity index is 447. The first-order chi connectivity index (χ1) is 9.81. The molecule has 2 atom stereocenters. The molecule has 0 radical (unpaired) electrons. The summed E-state index contributed by atoms with van der Waals surface area (Å²) in [5.41, 5.74) is 2.36. The van der Waals surface area contributed by atoms with Crippen LogP contribution >= 0.6 is 0 Å². The summed E-state index contributed by atoms with van der Waals surface area (Å²) < 4.78 is 0. The zero-order chi connectivity index (χ0) is 14.2. The van der Waals surface area contributed by atoms with E-state index in [2.05, 4.69) is 29.4 Å². The Morgan fingerprint density at radius 1 is 1.05 bits per heavy atom. The Morgan fingerprint density at radius 2 is 1.70 bits per heavy atom. The molecule has 0 spiro atoms. The van der Waals surface area contributed by atoms with Crippen molar-refractivity contribution in [3.05, 3.63) is 66.0 Å². The standard InChI is InChI=1S/C17H22N2O/c1-2-6-16(20)13-19-17(14-7-4-3-5-8-14)15-9-11-18-12-10-15/h3-5,7-12,16-17,19-20H,2,6,13H2,1H3. The number of hydrogen-bond acceptors (Lipinski definition) is 3. The molecule has 0 aliphatic rings. The minimum Gasteiger partial charge on any atom is -0.392 e. The van der Waals surface area contributed by atoms with Crippen molar-refractivity contribution in [2.75, 3.05) is 6.54 Å². The SMILES string of the molecule is CCCC(O)CNC(c1ccccc1)c1ccncc1. The maximum Gasteiger partial charge on any atom is 0.0664 e. The van der Waals surface area contributed by atoms with Crippen LogP contribution in [0.2, 0.25) is 0 Å². The van der Waals surface area contributed by atoms with Gasteiger partial charge in [-0.2, -0.15) is 0 Å². The third kappa shape index (κ3) is 4.15. The largest absolute Gasteiger partial charge is 0.392 e. The van der Waals surface area contributed by atoms with Crippen LogP contribution in [0.4, 0.5) is 0 Å². The van der Waals surface area contributed by atoms with Crippen molar-refractivity contribution < 1.29 is 5.11 Å². The van der Waals surface area contributed by atoms with Gasteiger partial charge in [-0.05, 0) is 29.7 Å². The van der Waals surface area contributed by atoms with E-state index in [1.54, 1.807) is 12.4 Å². The highest BCUT2D eigenvalue weighted by Crippen LogP contribution is 2.21. The van der Waals surface area contributed by atoms with Gasteiger partial charge in [-0.15, -0.1) is 0 Å². The first kappa shape index (κ1) is 14.7. The number of aromatic nitrogens is 1. The average Bonchev–Trinajstić information content (AvgIpc) is 2.50. The molecule has 20 heavy (non-hydrogen) atoms. The second-order valence-corrected chi connectivity index (χ2v) is 4.97. The van der Waals surface area contributed by atoms with Gasteiger partial charge < -0.3 is 10.4 Å². The number of nitrogens with one attached hydrogen (secondary N) is 1. The van der Waals surface area contributed by atoms with Gasteiger partial charge in [0.25, 0.3) is 0 Å². The second kappa shape index (κ2) is 7.78. The Balaban J connectivity index is 2.13. The van der Waals surface area contributed by atoms with Crippen LogP contribution in [0.1, 0.15) is 36.9 Å². The monoisotopic (exact) mass is 270 g/mol.